The number of hydrogen-bond donors (Lipinski definition) is 1. The summed E-state index contributed by atoms with van der Waals surface area (Å²) in [7, 11) is 0. The first-order valence-corrected chi connectivity index (χ1v) is 10.9. The van der Waals surface area contributed by atoms with Crippen molar-refractivity contribution in [3.05, 3.63) is 33.8 Å². The Morgan fingerprint density at radius 1 is 1.11 bits per heavy atom. The third kappa shape index (κ3) is 2.92. The van der Waals surface area contributed by atoms with Gasteiger partial charge in [0.15, 0.2) is 0 Å². The molecule has 1 unspecified atom stereocenters. The van der Waals surface area contributed by atoms with Crippen LogP contribution in [0.5, 0.6) is 0 Å². The predicted molar refractivity (Wildman–Crippen MR) is 108 cm³/mol. The summed E-state index contributed by atoms with van der Waals surface area (Å²) in [4.78, 5) is 29.9. The Labute approximate surface area is 166 Å². The summed E-state index contributed by atoms with van der Waals surface area (Å²) < 4.78 is 0. The number of nitrogens with zero attached hydrogens (tertiary/aromatic N) is 1. The molecule has 4 saturated carbocycles. The predicted octanol–water partition coefficient (Wildman–Crippen LogP) is 2.58. The lowest BCUT2D eigenvalue weighted by Crippen LogP contribution is -2.53. The van der Waals surface area contributed by atoms with Gasteiger partial charge in [-0.05, 0) is 92.9 Å². The van der Waals surface area contributed by atoms with Crippen LogP contribution in [-0.2, 0) is 9.59 Å². The fourth-order valence-corrected chi connectivity index (χ4v) is 6.71. The van der Waals surface area contributed by atoms with E-state index in [2.05, 4.69) is 22.4 Å². The summed E-state index contributed by atoms with van der Waals surface area (Å²) in [5.74, 6) is 2.25. The first-order chi connectivity index (χ1) is 13.4. The summed E-state index contributed by atoms with van der Waals surface area (Å²) in [5.41, 5.74) is 2.13. The molecule has 0 radical (unpaired) electrons. The summed E-state index contributed by atoms with van der Waals surface area (Å²) in [6.45, 7) is 4.62. The molecule has 4 bridgehead atoms. The topological polar surface area (TPSA) is 58.5 Å². The molecule has 2 amide bonds. The van der Waals surface area contributed by atoms with E-state index < -0.39 is 0 Å². The van der Waals surface area contributed by atoms with Crippen LogP contribution in [0.15, 0.2) is 17.1 Å². The second-order valence-electron chi connectivity index (χ2n) is 9.91. The van der Waals surface area contributed by atoms with Crippen LogP contribution in [0.1, 0.15) is 56.1 Å². The maximum atomic E-state index is 13.1. The molecule has 0 aromatic heterocycles. The van der Waals surface area contributed by atoms with E-state index in [1.807, 2.05) is 19.9 Å². The molecule has 1 aromatic carbocycles. The highest BCUT2D eigenvalue weighted by atomic mass is 16.2. The highest BCUT2D eigenvalue weighted by molar-refractivity contribution is 5.86. The Kier molecular flexibility index (Phi) is 4.22. The van der Waals surface area contributed by atoms with Gasteiger partial charge in [-0.1, -0.05) is 18.2 Å². The highest BCUT2D eigenvalue weighted by Crippen LogP contribution is 2.60. The van der Waals surface area contributed by atoms with Crippen LogP contribution < -0.4 is 15.9 Å². The van der Waals surface area contributed by atoms with Crippen molar-refractivity contribution in [2.45, 2.75) is 58.8 Å². The van der Waals surface area contributed by atoms with Crippen molar-refractivity contribution in [2.24, 2.45) is 34.1 Å². The zero-order valence-corrected chi connectivity index (χ0v) is 17.0. The number of rotatable bonds is 4. The van der Waals surface area contributed by atoms with Crippen molar-refractivity contribution in [3.63, 3.8) is 0 Å². The molecular formula is C24H30N2O2. The van der Waals surface area contributed by atoms with E-state index >= 15 is 0 Å². The van der Waals surface area contributed by atoms with E-state index in [4.69, 9.17) is 0 Å². The SMILES string of the molecule is Cc1ccc2c(c1C)=NC(=O)C(CCNC(=O)C13CC4CC(CC(C4)C1)C3)C=2. The molecule has 1 aliphatic heterocycles. The summed E-state index contributed by atoms with van der Waals surface area (Å²) >= 11 is 0. The maximum Gasteiger partial charge on any atom is 0.253 e. The number of aryl methyl sites for hydroxylation is 1. The van der Waals surface area contributed by atoms with E-state index in [0.29, 0.717) is 13.0 Å². The monoisotopic (exact) mass is 378 g/mol. The lowest BCUT2D eigenvalue weighted by Gasteiger charge is -2.55. The fourth-order valence-electron chi connectivity index (χ4n) is 6.71. The van der Waals surface area contributed by atoms with E-state index in [1.165, 1.54) is 19.3 Å². The van der Waals surface area contributed by atoms with E-state index in [0.717, 1.165) is 58.7 Å². The van der Waals surface area contributed by atoms with Gasteiger partial charge in [-0.25, -0.2) is 4.99 Å². The molecule has 0 spiro atoms. The molecule has 28 heavy (non-hydrogen) atoms. The number of carbonyl (C=O) groups is 2. The van der Waals surface area contributed by atoms with Crippen LogP contribution in [0.3, 0.4) is 0 Å². The van der Waals surface area contributed by atoms with Crippen LogP contribution in [0.2, 0.25) is 0 Å². The van der Waals surface area contributed by atoms with E-state index in [-0.39, 0.29) is 23.1 Å². The molecule has 4 aliphatic carbocycles. The molecule has 148 valence electrons. The Morgan fingerprint density at radius 3 is 2.39 bits per heavy atom. The Balaban J connectivity index is 1.25. The Morgan fingerprint density at radius 2 is 1.75 bits per heavy atom. The van der Waals surface area contributed by atoms with Gasteiger partial charge >= 0.3 is 0 Å². The van der Waals surface area contributed by atoms with Crippen LogP contribution in [0.25, 0.3) is 6.08 Å². The molecule has 4 fully saturated rings. The average molecular weight is 379 g/mol. The molecule has 1 atom stereocenters. The van der Waals surface area contributed by atoms with Gasteiger partial charge in [-0.2, -0.15) is 0 Å². The minimum absolute atomic E-state index is 0.0785. The fraction of sp³-hybridized carbons (Fsp3) is 0.625. The van der Waals surface area contributed by atoms with Gasteiger partial charge in [0.25, 0.3) is 5.91 Å². The second-order valence-corrected chi connectivity index (χ2v) is 9.91. The van der Waals surface area contributed by atoms with Gasteiger partial charge < -0.3 is 5.32 Å². The number of carbonyl (C=O) groups excluding carboxylic acids is 2. The van der Waals surface area contributed by atoms with Gasteiger partial charge in [-0.15, -0.1) is 0 Å². The summed E-state index contributed by atoms with van der Waals surface area (Å²) in [5, 5.41) is 5.06. The quantitative estimate of drug-likeness (QED) is 0.875. The highest BCUT2D eigenvalue weighted by Gasteiger charge is 2.54. The second kappa shape index (κ2) is 6.53. The van der Waals surface area contributed by atoms with Gasteiger partial charge in [0.2, 0.25) is 5.91 Å². The molecule has 1 heterocycles. The third-order valence-electron chi connectivity index (χ3n) is 7.91. The molecule has 0 saturated heterocycles. The van der Waals surface area contributed by atoms with Gasteiger partial charge in [0, 0.05) is 12.0 Å². The normalized spacial score (nSPS) is 35.1. The van der Waals surface area contributed by atoms with E-state index in [1.54, 1.807) is 0 Å². The molecule has 5 aliphatic rings. The lowest BCUT2D eigenvalue weighted by atomic mass is 9.49. The Bertz CT molecular complexity index is 926. The number of hydrogen-bond acceptors (Lipinski definition) is 2. The summed E-state index contributed by atoms with van der Waals surface area (Å²) in [6, 6.07) is 4.14. The molecule has 1 N–H and O–H groups in total. The lowest BCUT2D eigenvalue weighted by molar-refractivity contribution is -0.146. The zero-order valence-electron chi connectivity index (χ0n) is 17.0. The number of nitrogens with one attached hydrogen (secondary N) is 1. The number of amides is 2. The number of benzene rings is 1. The zero-order chi connectivity index (χ0) is 19.5. The molecule has 6 rings (SSSR count). The van der Waals surface area contributed by atoms with Crippen LogP contribution >= 0.6 is 0 Å². The maximum absolute atomic E-state index is 13.1. The minimum Gasteiger partial charge on any atom is -0.356 e. The Hall–Kier alpha value is -1.97. The molecule has 1 aromatic rings. The van der Waals surface area contributed by atoms with Crippen molar-refractivity contribution >= 4 is 17.9 Å². The van der Waals surface area contributed by atoms with Crippen LogP contribution in [-0.4, -0.2) is 18.4 Å². The number of fused-ring (bicyclic) bond motifs is 1. The minimum atomic E-state index is -0.230. The standard InChI is InChI=1S/C24H30N2O2/c1-14-3-4-19-10-20(22(27)26-21(19)15(14)2)5-6-25-23(28)24-11-16-7-17(12-24)9-18(8-16)13-24/h3-4,10,16-18,20H,5-9,11-13H2,1-2H3,(H,25,28). The molecular weight excluding hydrogens is 348 g/mol. The van der Waals surface area contributed by atoms with Gasteiger partial charge in [0.1, 0.15) is 0 Å². The van der Waals surface area contributed by atoms with Crippen LogP contribution in [0.4, 0.5) is 0 Å². The third-order valence-corrected chi connectivity index (χ3v) is 7.91. The van der Waals surface area contributed by atoms with Crippen molar-refractivity contribution < 1.29 is 9.59 Å². The molecule has 4 nitrogen and oxygen atoms in total. The van der Waals surface area contributed by atoms with Gasteiger partial charge in [0.05, 0.1) is 11.3 Å². The summed E-state index contributed by atoms with van der Waals surface area (Å²) in [6.07, 6.45) is 9.95. The smallest absolute Gasteiger partial charge is 0.253 e. The first kappa shape index (κ1) is 18.1. The molecule has 4 heteroatoms. The largest absolute Gasteiger partial charge is 0.356 e. The van der Waals surface area contributed by atoms with Crippen molar-refractivity contribution in [1.29, 1.82) is 0 Å². The average Bonchev–Trinajstić information content (AvgIpc) is 2.65. The van der Waals surface area contributed by atoms with E-state index in [9.17, 15) is 9.59 Å². The van der Waals surface area contributed by atoms with Crippen molar-refractivity contribution in [2.75, 3.05) is 6.54 Å². The van der Waals surface area contributed by atoms with Gasteiger partial charge in [-0.3, -0.25) is 9.59 Å². The van der Waals surface area contributed by atoms with Crippen molar-refractivity contribution in [3.8, 4) is 0 Å². The van der Waals surface area contributed by atoms with Crippen molar-refractivity contribution in [1.82, 2.24) is 5.32 Å². The first-order valence-electron chi connectivity index (χ1n) is 10.9. The van der Waals surface area contributed by atoms with Crippen LogP contribution in [0, 0.1) is 42.9 Å².